The van der Waals surface area contributed by atoms with Crippen LogP contribution in [0.5, 0.6) is 0 Å². The Morgan fingerprint density at radius 2 is 1.42 bits per heavy atom. The zero-order chi connectivity index (χ0) is 25.6. The molecule has 0 aliphatic carbocycles. The molecule has 0 unspecified atom stereocenters. The standard InChI is InChI=1S/C24H45NO7Si/c1-11-29-20(26)13-17(14-21(27)30-12-2)19-15-18(32-33(9,10)24(6,7)8)16-25(19)22(28)31-23(3,4)5/h17-19H,11-16H2,1-10H3/t18-,19+/m1/s1. The number of carbonyl (C=O) groups is 3. The average Bonchev–Trinajstić information content (AvgIpc) is 3.02. The molecule has 1 rings (SSSR count). The van der Waals surface area contributed by atoms with Crippen LogP contribution in [0.4, 0.5) is 4.79 Å². The van der Waals surface area contributed by atoms with Crippen molar-refractivity contribution < 1.29 is 33.0 Å². The van der Waals surface area contributed by atoms with Crippen molar-refractivity contribution in [1.29, 1.82) is 0 Å². The van der Waals surface area contributed by atoms with E-state index in [1.807, 2.05) is 20.8 Å². The van der Waals surface area contributed by atoms with Crippen LogP contribution in [-0.2, 0) is 28.2 Å². The Labute approximate surface area is 200 Å². The number of esters is 2. The zero-order valence-corrected chi connectivity index (χ0v) is 23.3. The van der Waals surface area contributed by atoms with Crippen molar-refractivity contribution in [3.8, 4) is 0 Å². The molecule has 0 bridgehead atoms. The maximum Gasteiger partial charge on any atom is 0.410 e. The number of rotatable bonds is 9. The Balaban J connectivity index is 3.24. The SMILES string of the molecule is CCOC(=O)CC(CC(=O)OCC)[C@@H]1C[C@@H](O[Si](C)(C)C(C)(C)C)CN1C(=O)OC(C)(C)C. The molecule has 0 aromatic rings. The molecule has 0 aromatic heterocycles. The van der Waals surface area contributed by atoms with Crippen molar-refractivity contribution in [3.63, 3.8) is 0 Å². The first-order chi connectivity index (χ1) is 15.0. The van der Waals surface area contributed by atoms with Gasteiger partial charge < -0.3 is 23.5 Å². The zero-order valence-electron chi connectivity index (χ0n) is 22.3. The molecule has 33 heavy (non-hydrogen) atoms. The van der Waals surface area contributed by atoms with Gasteiger partial charge in [-0.15, -0.1) is 0 Å². The molecule has 0 spiro atoms. The molecule has 0 N–H and O–H groups in total. The van der Waals surface area contributed by atoms with Crippen molar-refractivity contribution >= 4 is 26.3 Å². The first kappa shape index (κ1) is 29.4. The van der Waals surface area contributed by atoms with Gasteiger partial charge in [-0.2, -0.15) is 0 Å². The smallest absolute Gasteiger partial charge is 0.410 e. The van der Waals surface area contributed by atoms with E-state index in [4.69, 9.17) is 18.6 Å². The van der Waals surface area contributed by atoms with Crippen LogP contribution in [0.1, 0.15) is 74.7 Å². The van der Waals surface area contributed by atoms with Gasteiger partial charge in [0, 0.05) is 18.5 Å². The number of nitrogens with zero attached hydrogens (tertiary/aromatic N) is 1. The minimum Gasteiger partial charge on any atom is -0.466 e. The molecule has 9 heteroatoms. The molecule has 1 saturated heterocycles. The quantitative estimate of drug-likeness (QED) is 0.259. The van der Waals surface area contributed by atoms with Crippen LogP contribution in [0.2, 0.25) is 18.1 Å². The third-order valence-corrected chi connectivity index (χ3v) is 10.7. The maximum absolute atomic E-state index is 13.1. The number of hydrogen-bond donors (Lipinski definition) is 0. The number of amides is 1. The predicted molar refractivity (Wildman–Crippen MR) is 129 cm³/mol. The molecule has 1 amide bonds. The number of carbonyl (C=O) groups excluding carboxylic acids is 3. The van der Waals surface area contributed by atoms with Crippen LogP contribution in [0.25, 0.3) is 0 Å². The molecule has 2 atom stereocenters. The first-order valence-electron chi connectivity index (χ1n) is 12.0. The van der Waals surface area contributed by atoms with E-state index in [-0.39, 0.29) is 37.2 Å². The fraction of sp³-hybridized carbons (Fsp3) is 0.875. The Bertz CT molecular complexity index is 661. The predicted octanol–water partition coefficient (Wildman–Crippen LogP) is 4.91. The maximum atomic E-state index is 13.1. The van der Waals surface area contributed by atoms with Gasteiger partial charge in [0.15, 0.2) is 8.32 Å². The van der Waals surface area contributed by atoms with Gasteiger partial charge in [-0.25, -0.2) is 4.79 Å². The van der Waals surface area contributed by atoms with Gasteiger partial charge in [-0.05, 0) is 59.2 Å². The summed E-state index contributed by atoms with van der Waals surface area (Å²) in [5.41, 5.74) is -0.669. The Morgan fingerprint density at radius 1 is 0.939 bits per heavy atom. The summed E-state index contributed by atoms with van der Waals surface area (Å²) < 4.78 is 22.6. The number of likely N-dealkylation sites (tertiary alicyclic amines) is 1. The Morgan fingerprint density at radius 3 is 1.82 bits per heavy atom. The molecule has 8 nitrogen and oxygen atoms in total. The molecule has 1 aliphatic rings. The highest BCUT2D eigenvalue weighted by Gasteiger charge is 2.47. The lowest BCUT2D eigenvalue weighted by Crippen LogP contribution is -2.45. The molecule has 192 valence electrons. The summed E-state index contributed by atoms with van der Waals surface area (Å²) in [5.74, 6) is -1.25. The van der Waals surface area contributed by atoms with Gasteiger partial charge in [0.25, 0.3) is 0 Å². The summed E-state index contributed by atoms with van der Waals surface area (Å²) in [6.07, 6.45) is -0.107. The third-order valence-electron chi connectivity index (χ3n) is 6.21. The van der Waals surface area contributed by atoms with E-state index in [2.05, 4.69) is 33.9 Å². The van der Waals surface area contributed by atoms with Crippen LogP contribution in [0.15, 0.2) is 0 Å². The Kier molecular flexibility index (Phi) is 10.4. The second kappa shape index (κ2) is 11.7. The van der Waals surface area contributed by atoms with Crippen LogP contribution in [0.3, 0.4) is 0 Å². The van der Waals surface area contributed by atoms with E-state index in [1.165, 1.54) is 0 Å². The van der Waals surface area contributed by atoms with Gasteiger partial charge in [0.1, 0.15) is 5.60 Å². The number of ether oxygens (including phenoxy) is 3. The molecule has 0 aromatic carbocycles. The lowest BCUT2D eigenvalue weighted by atomic mass is 9.90. The Hall–Kier alpha value is -1.61. The van der Waals surface area contributed by atoms with Gasteiger partial charge in [-0.3, -0.25) is 9.59 Å². The molecule has 0 radical (unpaired) electrons. The van der Waals surface area contributed by atoms with Crippen LogP contribution < -0.4 is 0 Å². The lowest BCUT2D eigenvalue weighted by molar-refractivity contribution is -0.148. The summed E-state index contributed by atoms with van der Waals surface area (Å²) in [6, 6.07) is -0.400. The van der Waals surface area contributed by atoms with E-state index >= 15 is 0 Å². The second-order valence-corrected chi connectivity index (χ2v) is 16.0. The molecule has 0 saturated carbocycles. The van der Waals surface area contributed by atoms with Crippen LogP contribution in [-0.4, -0.2) is 68.8 Å². The van der Waals surface area contributed by atoms with Gasteiger partial charge in [-0.1, -0.05) is 20.8 Å². The molecule has 1 fully saturated rings. The van der Waals surface area contributed by atoms with Crippen molar-refractivity contribution in [2.45, 2.75) is 111 Å². The summed E-state index contributed by atoms with van der Waals surface area (Å²) in [6.45, 7) is 20.6. The summed E-state index contributed by atoms with van der Waals surface area (Å²) in [5, 5.41) is 0.0110. The first-order valence-corrected chi connectivity index (χ1v) is 14.9. The van der Waals surface area contributed by atoms with Crippen molar-refractivity contribution in [2.75, 3.05) is 19.8 Å². The summed E-state index contributed by atoms with van der Waals surface area (Å²) in [4.78, 5) is 39.5. The summed E-state index contributed by atoms with van der Waals surface area (Å²) >= 11 is 0. The van der Waals surface area contributed by atoms with Crippen molar-refractivity contribution in [1.82, 2.24) is 4.90 Å². The molecule has 1 aliphatic heterocycles. The molecular formula is C24H45NO7Si. The monoisotopic (exact) mass is 487 g/mol. The molecule has 1 heterocycles. The third kappa shape index (κ3) is 9.27. The average molecular weight is 488 g/mol. The van der Waals surface area contributed by atoms with Gasteiger partial charge in [0.2, 0.25) is 0 Å². The van der Waals surface area contributed by atoms with Crippen LogP contribution in [0, 0.1) is 5.92 Å². The fourth-order valence-corrected chi connectivity index (χ4v) is 5.05. The van der Waals surface area contributed by atoms with Crippen molar-refractivity contribution in [3.05, 3.63) is 0 Å². The minimum absolute atomic E-state index is 0.0110. The topological polar surface area (TPSA) is 91.4 Å². The van der Waals surface area contributed by atoms with E-state index in [0.717, 1.165) is 0 Å². The fourth-order valence-electron chi connectivity index (χ4n) is 3.69. The highest BCUT2D eigenvalue weighted by atomic mass is 28.4. The highest BCUT2D eigenvalue weighted by Crippen LogP contribution is 2.40. The van der Waals surface area contributed by atoms with E-state index in [0.29, 0.717) is 13.0 Å². The van der Waals surface area contributed by atoms with Gasteiger partial charge >= 0.3 is 18.0 Å². The van der Waals surface area contributed by atoms with Gasteiger partial charge in [0.05, 0.1) is 32.2 Å². The van der Waals surface area contributed by atoms with E-state index < -0.39 is 43.9 Å². The minimum atomic E-state index is -2.10. The van der Waals surface area contributed by atoms with Crippen LogP contribution >= 0.6 is 0 Å². The van der Waals surface area contributed by atoms with E-state index in [9.17, 15) is 14.4 Å². The second-order valence-electron chi connectivity index (χ2n) is 11.2. The highest BCUT2D eigenvalue weighted by molar-refractivity contribution is 6.74. The summed E-state index contributed by atoms with van der Waals surface area (Å²) in [7, 11) is -2.10. The lowest BCUT2D eigenvalue weighted by Gasteiger charge is -2.38. The van der Waals surface area contributed by atoms with E-state index in [1.54, 1.807) is 18.7 Å². The van der Waals surface area contributed by atoms with Crippen molar-refractivity contribution in [2.24, 2.45) is 5.92 Å². The largest absolute Gasteiger partial charge is 0.466 e. The normalized spacial score (nSPS) is 19.5. The number of hydrogen-bond acceptors (Lipinski definition) is 7. The molecular weight excluding hydrogens is 442 g/mol.